The number of carbonyl (C=O) groups is 1. The third-order valence-corrected chi connectivity index (χ3v) is 3.84. The monoisotopic (exact) mass is 300 g/mol. The molecule has 5 nitrogen and oxygen atoms in total. The van der Waals surface area contributed by atoms with Crippen LogP contribution in [0.15, 0.2) is 30.3 Å². The highest BCUT2D eigenvalue weighted by Gasteiger charge is 2.14. The molecule has 2 aromatic rings. The number of carbonyl (C=O) groups excluding carboxylic acids is 1. The Morgan fingerprint density at radius 2 is 1.95 bits per heavy atom. The predicted octanol–water partition coefficient (Wildman–Crippen LogP) is 2.50. The second kappa shape index (κ2) is 7.22. The van der Waals surface area contributed by atoms with Gasteiger partial charge in [0.1, 0.15) is 0 Å². The second-order valence-electron chi connectivity index (χ2n) is 5.51. The molecule has 5 heteroatoms. The highest BCUT2D eigenvalue weighted by atomic mass is 16.2. The SMILES string of the molecule is CCN(CC(=O)Nc1c(C)nn(C)c1C)Cc1ccccc1. The minimum Gasteiger partial charge on any atom is -0.322 e. The van der Waals surface area contributed by atoms with Crippen molar-refractivity contribution in [3.63, 3.8) is 0 Å². The van der Waals surface area contributed by atoms with Crippen LogP contribution in [0.3, 0.4) is 0 Å². The summed E-state index contributed by atoms with van der Waals surface area (Å²) in [5, 5.41) is 7.31. The molecule has 1 amide bonds. The lowest BCUT2D eigenvalue weighted by molar-refractivity contribution is -0.117. The lowest BCUT2D eigenvalue weighted by atomic mass is 10.2. The van der Waals surface area contributed by atoms with Gasteiger partial charge in [0.05, 0.1) is 23.6 Å². The van der Waals surface area contributed by atoms with Gasteiger partial charge < -0.3 is 5.32 Å². The van der Waals surface area contributed by atoms with Crippen LogP contribution in [-0.4, -0.2) is 33.7 Å². The van der Waals surface area contributed by atoms with Gasteiger partial charge in [-0.05, 0) is 26.0 Å². The highest BCUT2D eigenvalue weighted by Crippen LogP contribution is 2.18. The van der Waals surface area contributed by atoms with Crippen molar-refractivity contribution < 1.29 is 4.79 Å². The summed E-state index contributed by atoms with van der Waals surface area (Å²) < 4.78 is 1.78. The minimum absolute atomic E-state index is 0.00280. The van der Waals surface area contributed by atoms with Gasteiger partial charge in [-0.3, -0.25) is 14.4 Å². The normalized spacial score (nSPS) is 11.0. The first-order valence-electron chi connectivity index (χ1n) is 7.57. The summed E-state index contributed by atoms with van der Waals surface area (Å²) in [4.78, 5) is 14.4. The molecule has 0 aliphatic rings. The Hall–Kier alpha value is -2.14. The summed E-state index contributed by atoms with van der Waals surface area (Å²) in [6.07, 6.45) is 0. The molecule has 0 saturated heterocycles. The van der Waals surface area contributed by atoms with Gasteiger partial charge in [0.25, 0.3) is 0 Å². The molecule has 0 spiro atoms. The molecule has 1 aromatic heterocycles. The summed E-state index contributed by atoms with van der Waals surface area (Å²) in [6.45, 7) is 7.90. The van der Waals surface area contributed by atoms with Crippen molar-refractivity contribution in [3.8, 4) is 0 Å². The molecule has 2 rings (SSSR count). The van der Waals surface area contributed by atoms with Crippen molar-refractivity contribution in [2.75, 3.05) is 18.4 Å². The molecule has 1 heterocycles. The largest absolute Gasteiger partial charge is 0.322 e. The zero-order chi connectivity index (χ0) is 16.1. The third kappa shape index (κ3) is 3.95. The Morgan fingerprint density at radius 3 is 2.50 bits per heavy atom. The Morgan fingerprint density at radius 1 is 1.27 bits per heavy atom. The Balaban J connectivity index is 1.97. The maximum atomic E-state index is 12.3. The lowest BCUT2D eigenvalue weighted by Crippen LogP contribution is -2.33. The number of hydrogen-bond acceptors (Lipinski definition) is 3. The first-order valence-corrected chi connectivity index (χ1v) is 7.57. The molecule has 1 aromatic carbocycles. The summed E-state index contributed by atoms with van der Waals surface area (Å²) in [7, 11) is 1.88. The first kappa shape index (κ1) is 16.2. The number of benzene rings is 1. The first-order chi connectivity index (χ1) is 10.5. The van der Waals surface area contributed by atoms with E-state index < -0.39 is 0 Å². The molecule has 0 saturated carbocycles. The lowest BCUT2D eigenvalue weighted by Gasteiger charge is -2.20. The molecule has 118 valence electrons. The predicted molar refractivity (Wildman–Crippen MR) is 88.7 cm³/mol. The van der Waals surface area contributed by atoms with Crippen LogP contribution in [0, 0.1) is 13.8 Å². The number of aromatic nitrogens is 2. The van der Waals surface area contributed by atoms with Crippen LogP contribution in [0.5, 0.6) is 0 Å². The van der Waals surface area contributed by atoms with Crippen LogP contribution in [0.25, 0.3) is 0 Å². The molecule has 0 aliphatic heterocycles. The van der Waals surface area contributed by atoms with E-state index in [9.17, 15) is 4.79 Å². The number of likely N-dealkylation sites (N-methyl/N-ethyl adjacent to an activating group) is 1. The molecule has 0 fully saturated rings. The Bertz CT molecular complexity index is 634. The quantitative estimate of drug-likeness (QED) is 0.892. The molecule has 0 unspecified atom stereocenters. The molecule has 1 N–H and O–H groups in total. The maximum Gasteiger partial charge on any atom is 0.238 e. The van der Waals surface area contributed by atoms with Gasteiger partial charge in [0.15, 0.2) is 0 Å². The molecular formula is C17H24N4O. The van der Waals surface area contributed by atoms with Crippen molar-refractivity contribution in [3.05, 3.63) is 47.3 Å². The van der Waals surface area contributed by atoms with Gasteiger partial charge in [-0.2, -0.15) is 5.10 Å². The van der Waals surface area contributed by atoms with Gasteiger partial charge in [0, 0.05) is 13.6 Å². The molecule has 22 heavy (non-hydrogen) atoms. The smallest absolute Gasteiger partial charge is 0.238 e. The van der Waals surface area contributed by atoms with Crippen molar-refractivity contribution in [2.45, 2.75) is 27.3 Å². The highest BCUT2D eigenvalue weighted by molar-refractivity contribution is 5.93. The van der Waals surface area contributed by atoms with Crippen LogP contribution in [0.4, 0.5) is 5.69 Å². The fourth-order valence-corrected chi connectivity index (χ4v) is 2.46. The number of nitrogens with one attached hydrogen (secondary N) is 1. The topological polar surface area (TPSA) is 50.2 Å². The minimum atomic E-state index is -0.00280. The van der Waals surface area contributed by atoms with Gasteiger partial charge in [-0.15, -0.1) is 0 Å². The number of aryl methyl sites for hydroxylation is 2. The van der Waals surface area contributed by atoms with E-state index in [1.165, 1.54) is 5.56 Å². The van der Waals surface area contributed by atoms with E-state index in [0.29, 0.717) is 6.54 Å². The Labute approximate surface area is 131 Å². The summed E-state index contributed by atoms with van der Waals surface area (Å²) in [5.74, 6) is -0.00280. The van der Waals surface area contributed by atoms with Crippen LogP contribution < -0.4 is 5.32 Å². The van der Waals surface area contributed by atoms with Gasteiger partial charge in [-0.25, -0.2) is 0 Å². The average Bonchev–Trinajstić information content (AvgIpc) is 2.74. The third-order valence-electron chi connectivity index (χ3n) is 3.84. The van der Waals surface area contributed by atoms with Crippen molar-refractivity contribution in [2.24, 2.45) is 7.05 Å². The number of rotatable bonds is 6. The van der Waals surface area contributed by atoms with Crippen molar-refractivity contribution >= 4 is 11.6 Å². The molecular weight excluding hydrogens is 276 g/mol. The van der Waals surface area contributed by atoms with Gasteiger partial charge >= 0.3 is 0 Å². The van der Waals surface area contributed by atoms with Crippen LogP contribution in [0.1, 0.15) is 23.9 Å². The number of nitrogens with zero attached hydrogens (tertiary/aromatic N) is 3. The summed E-state index contributed by atoms with van der Waals surface area (Å²) in [5.41, 5.74) is 3.85. The fourth-order valence-electron chi connectivity index (χ4n) is 2.46. The Kier molecular flexibility index (Phi) is 5.33. The van der Waals surface area contributed by atoms with E-state index in [2.05, 4.69) is 34.4 Å². The van der Waals surface area contributed by atoms with Crippen LogP contribution in [0.2, 0.25) is 0 Å². The summed E-state index contributed by atoms with van der Waals surface area (Å²) >= 11 is 0. The fraction of sp³-hybridized carbons (Fsp3) is 0.412. The van der Waals surface area contributed by atoms with E-state index in [1.54, 1.807) is 4.68 Å². The maximum absolute atomic E-state index is 12.3. The average molecular weight is 300 g/mol. The number of anilines is 1. The number of hydrogen-bond donors (Lipinski definition) is 1. The molecule has 0 bridgehead atoms. The van der Waals surface area contributed by atoms with Crippen LogP contribution >= 0.6 is 0 Å². The van der Waals surface area contributed by atoms with E-state index in [4.69, 9.17) is 0 Å². The molecule has 0 atom stereocenters. The van der Waals surface area contributed by atoms with Crippen molar-refractivity contribution in [1.82, 2.24) is 14.7 Å². The van der Waals surface area contributed by atoms with E-state index in [1.807, 2.05) is 39.1 Å². The van der Waals surface area contributed by atoms with Crippen LogP contribution in [-0.2, 0) is 18.4 Å². The number of amides is 1. The van der Waals surface area contributed by atoms with Crippen molar-refractivity contribution in [1.29, 1.82) is 0 Å². The molecule has 0 radical (unpaired) electrons. The van der Waals surface area contributed by atoms with E-state index >= 15 is 0 Å². The zero-order valence-electron chi connectivity index (χ0n) is 13.8. The van der Waals surface area contributed by atoms with E-state index in [-0.39, 0.29) is 5.91 Å². The second-order valence-corrected chi connectivity index (χ2v) is 5.51. The summed E-state index contributed by atoms with van der Waals surface area (Å²) in [6, 6.07) is 10.2. The van der Waals surface area contributed by atoms with E-state index in [0.717, 1.165) is 30.2 Å². The van der Waals surface area contributed by atoms with Gasteiger partial charge in [-0.1, -0.05) is 37.3 Å². The molecule has 0 aliphatic carbocycles. The standard InChI is InChI=1S/C17H24N4O/c1-5-21(11-15-9-7-6-8-10-15)12-16(22)18-17-13(2)19-20(4)14(17)3/h6-10H,5,11-12H2,1-4H3,(H,18,22). The zero-order valence-corrected chi connectivity index (χ0v) is 13.8. The van der Waals surface area contributed by atoms with Gasteiger partial charge in [0.2, 0.25) is 5.91 Å².